The maximum Gasteiger partial charge on any atom is 0.304 e. The van der Waals surface area contributed by atoms with Gasteiger partial charge in [-0.25, -0.2) is 0 Å². The summed E-state index contributed by atoms with van der Waals surface area (Å²) in [6, 6.07) is 0.559. The zero-order valence-corrected chi connectivity index (χ0v) is 10.6. The molecular weight excluding hydrogens is 220 g/mol. The molecule has 0 radical (unpaired) electrons. The molecule has 0 aromatic carbocycles. The quantitative estimate of drug-likeness (QED) is 0.849. The van der Waals surface area contributed by atoms with Crippen LogP contribution in [0, 0.1) is 5.92 Å². The fourth-order valence-electron chi connectivity index (χ4n) is 2.47. The molecule has 90 valence electrons. The van der Waals surface area contributed by atoms with E-state index in [0.717, 1.165) is 18.2 Å². The first kappa shape index (κ1) is 11.9. The monoisotopic (exact) mass is 240 g/mol. The van der Waals surface area contributed by atoms with E-state index < -0.39 is 0 Å². The minimum atomic E-state index is 0.0436. The number of hydrogen-bond donors (Lipinski definition) is 2. The van der Waals surface area contributed by atoms with Gasteiger partial charge in [0.05, 0.1) is 0 Å². The van der Waals surface area contributed by atoms with Gasteiger partial charge in [0.25, 0.3) is 0 Å². The van der Waals surface area contributed by atoms with Gasteiger partial charge in [0, 0.05) is 23.7 Å². The summed E-state index contributed by atoms with van der Waals surface area (Å²) in [6.07, 6.45) is 6.88. The van der Waals surface area contributed by atoms with Crippen LogP contribution in [0.3, 0.4) is 0 Å². The molecular formula is C12H20N2OS. The van der Waals surface area contributed by atoms with Crippen molar-refractivity contribution in [2.45, 2.75) is 51.6 Å². The van der Waals surface area contributed by atoms with E-state index in [2.05, 4.69) is 17.2 Å². The molecule has 1 aromatic rings. The van der Waals surface area contributed by atoms with Crippen LogP contribution < -0.4 is 10.2 Å². The van der Waals surface area contributed by atoms with Crippen molar-refractivity contribution in [1.82, 2.24) is 10.3 Å². The molecule has 3 nitrogen and oxygen atoms in total. The van der Waals surface area contributed by atoms with Gasteiger partial charge in [0.1, 0.15) is 0 Å². The van der Waals surface area contributed by atoms with Gasteiger partial charge in [-0.15, -0.1) is 0 Å². The molecule has 1 aliphatic rings. The van der Waals surface area contributed by atoms with Crippen molar-refractivity contribution < 1.29 is 0 Å². The molecule has 16 heavy (non-hydrogen) atoms. The molecule has 0 spiro atoms. The van der Waals surface area contributed by atoms with Gasteiger partial charge in [0.2, 0.25) is 0 Å². The van der Waals surface area contributed by atoms with Crippen molar-refractivity contribution in [2.75, 3.05) is 0 Å². The average molecular weight is 240 g/mol. The fraction of sp³-hybridized carbons (Fsp3) is 0.750. The molecule has 1 fully saturated rings. The molecule has 1 saturated carbocycles. The van der Waals surface area contributed by atoms with Gasteiger partial charge >= 0.3 is 4.87 Å². The standard InChI is InChI=1S/C12H20N2OS/c1-9(10-5-3-2-4-6-10)13-7-11-8-16-12(15)14-11/h8-10,13H,2-7H2,1H3,(H,14,15). The maximum atomic E-state index is 11.0. The van der Waals surface area contributed by atoms with Gasteiger partial charge in [-0.3, -0.25) is 4.79 Å². The van der Waals surface area contributed by atoms with E-state index in [-0.39, 0.29) is 4.87 Å². The van der Waals surface area contributed by atoms with Gasteiger partial charge in [-0.2, -0.15) is 0 Å². The molecule has 2 N–H and O–H groups in total. The van der Waals surface area contributed by atoms with Crippen LogP contribution in [0.15, 0.2) is 10.2 Å². The summed E-state index contributed by atoms with van der Waals surface area (Å²) in [4.78, 5) is 13.9. The maximum absolute atomic E-state index is 11.0. The number of nitrogens with one attached hydrogen (secondary N) is 2. The Morgan fingerprint density at radius 3 is 2.88 bits per heavy atom. The van der Waals surface area contributed by atoms with Crippen molar-refractivity contribution in [3.05, 3.63) is 20.7 Å². The zero-order valence-electron chi connectivity index (χ0n) is 9.79. The molecule has 2 rings (SSSR count). The SMILES string of the molecule is CC(NCc1csc(=O)[nH]1)C1CCCCC1. The summed E-state index contributed by atoms with van der Waals surface area (Å²) in [5.41, 5.74) is 1.01. The molecule has 1 aromatic heterocycles. The van der Waals surface area contributed by atoms with Gasteiger partial charge in [-0.1, -0.05) is 30.6 Å². The number of aromatic nitrogens is 1. The van der Waals surface area contributed by atoms with E-state index in [9.17, 15) is 4.79 Å². The van der Waals surface area contributed by atoms with Crippen molar-refractivity contribution in [2.24, 2.45) is 5.92 Å². The molecule has 0 aliphatic heterocycles. The minimum Gasteiger partial charge on any atom is -0.315 e. The van der Waals surface area contributed by atoms with Crippen LogP contribution in [0.4, 0.5) is 0 Å². The second kappa shape index (κ2) is 5.64. The fourth-order valence-corrected chi connectivity index (χ4v) is 3.05. The summed E-state index contributed by atoms with van der Waals surface area (Å²) in [7, 11) is 0. The van der Waals surface area contributed by atoms with Crippen molar-refractivity contribution >= 4 is 11.3 Å². The molecule has 0 amide bonds. The lowest BCUT2D eigenvalue weighted by Crippen LogP contribution is -2.34. The lowest BCUT2D eigenvalue weighted by Gasteiger charge is -2.28. The average Bonchev–Trinajstić information content (AvgIpc) is 2.73. The molecule has 1 atom stereocenters. The number of aromatic amines is 1. The smallest absolute Gasteiger partial charge is 0.304 e. The largest absolute Gasteiger partial charge is 0.315 e. The Morgan fingerprint density at radius 1 is 1.50 bits per heavy atom. The second-order valence-electron chi connectivity index (χ2n) is 4.74. The molecule has 4 heteroatoms. The Kier molecular flexibility index (Phi) is 4.18. The Labute approximate surface area is 100 Å². The van der Waals surface area contributed by atoms with Crippen molar-refractivity contribution in [3.63, 3.8) is 0 Å². The van der Waals surface area contributed by atoms with Crippen LogP contribution in [-0.4, -0.2) is 11.0 Å². The zero-order chi connectivity index (χ0) is 11.4. The third-order valence-electron chi connectivity index (χ3n) is 3.54. The summed E-state index contributed by atoms with van der Waals surface area (Å²) < 4.78 is 0. The lowest BCUT2D eigenvalue weighted by atomic mass is 9.84. The van der Waals surface area contributed by atoms with E-state index >= 15 is 0 Å². The Bertz CT molecular complexity index is 365. The molecule has 1 heterocycles. The Balaban J connectivity index is 1.78. The van der Waals surface area contributed by atoms with E-state index in [1.165, 1.54) is 43.4 Å². The third-order valence-corrected chi connectivity index (χ3v) is 4.26. The first-order valence-corrected chi connectivity index (χ1v) is 7.04. The number of hydrogen-bond acceptors (Lipinski definition) is 3. The highest BCUT2D eigenvalue weighted by Gasteiger charge is 2.19. The summed E-state index contributed by atoms with van der Waals surface area (Å²) in [5, 5.41) is 5.42. The highest BCUT2D eigenvalue weighted by atomic mass is 32.1. The Morgan fingerprint density at radius 2 is 2.25 bits per heavy atom. The van der Waals surface area contributed by atoms with Crippen LogP contribution in [0.5, 0.6) is 0 Å². The molecule has 1 aliphatic carbocycles. The van der Waals surface area contributed by atoms with Gasteiger partial charge in [-0.05, 0) is 25.7 Å². The normalized spacial score (nSPS) is 19.8. The number of rotatable bonds is 4. The van der Waals surface area contributed by atoms with E-state index in [1.54, 1.807) is 0 Å². The van der Waals surface area contributed by atoms with Gasteiger partial charge in [0.15, 0.2) is 0 Å². The summed E-state index contributed by atoms with van der Waals surface area (Å²) in [6.45, 7) is 3.05. The minimum absolute atomic E-state index is 0.0436. The molecule has 0 bridgehead atoms. The van der Waals surface area contributed by atoms with Crippen LogP contribution in [0.2, 0.25) is 0 Å². The third kappa shape index (κ3) is 3.19. The van der Waals surface area contributed by atoms with Crippen LogP contribution in [0.1, 0.15) is 44.7 Å². The van der Waals surface area contributed by atoms with E-state index in [4.69, 9.17) is 0 Å². The van der Waals surface area contributed by atoms with E-state index in [1.807, 2.05) is 5.38 Å². The van der Waals surface area contributed by atoms with Crippen LogP contribution in [0.25, 0.3) is 0 Å². The molecule has 1 unspecified atom stereocenters. The second-order valence-corrected chi connectivity index (χ2v) is 5.58. The van der Waals surface area contributed by atoms with Crippen molar-refractivity contribution in [3.8, 4) is 0 Å². The summed E-state index contributed by atoms with van der Waals surface area (Å²) >= 11 is 1.24. The number of H-pyrrole nitrogens is 1. The van der Waals surface area contributed by atoms with Gasteiger partial charge < -0.3 is 10.3 Å². The topological polar surface area (TPSA) is 44.9 Å². The first-order chi connectivity index (χ1) is 7.75. The summed E-state index contributed by atoms with van der Waals surface area (Å²) in [5.74, 6) is 0.819. The lowest BCUT2D eigenvalue weighted by molar-refractivity contribution is 0.280. The highest BCUT2D eigenvalue weighted by molar-refractivity contribution is 7.07. The predicted octanol–water partition coefficient (Wildman–Crippen LogP) is 2.49. The Hall–Kier alpha value is -0.610. The van der Waals surface area contributed by atoms with Crippen LogP contribution in [-0.2, 0) is 6.54 Å². The van der Waals surface area contributed by atoms with Crippen LogP contribution >= 0.6 is 11.3 Å². The highest BCUT2D eigenvalue weighted by Crippen LogP contribution is 2.26. The predicted molar refractivity (Wildman–Crippen MR) is 67.8 cm³/mol. The van der Waals surface area contributed by atoms with E-state index in [0.29, 0.717) is 6.04 Å². The first-order valence-electron chi connectivity index (χ1n) is 6.16. The number of thiazole rings is 1. The van der Waals surface area contributed by atoms with Crippen molar-refractivity contribution in [1.29, 1.82) is 0 Å². The molecule has 0 saturated heterocycles.